The summed E-state index contributed by atoms with van der Waals surface area (Å²) in [4.78, 5) is 14.2. The smallest absolute Gasteiger partial charge is 0.256 e. The van der Waals surface area contributed by atoms with Crippen molar-refractivity contribution in [2.24, 2.45) is 5.92 Å². The Morgan fingerprint density at radius 1 is 1.23 bits per heavy atom. The Hall–Kier alpha value is -2.66. The summed E-state index contributed by atoms with van der Waals surface area (Å²) in [6.45, 7) is 2.54. The highest BCUT2D eigenvalue weighted by atomic mass is 19.1. The van der Waals surface area contributed by atoms with Gasteiger partial charge in [0, 0.05) is 19.0 Å². The maximum absolute atomic E-state index is 14.6. The molecule has 1 amide bonds. The highest BCUT2D eigenvalue weighted by Gasteiger charge is 2.22. The molecule has 1 N–H and O–H groups in total. The summed E-state index contributed by atoms with van der Waals surface area (Å²) in [6, 6.07) is 12.4. The first-order valence-electron chi connectivity index (χ1n) is 8.85. The van der Waals surface area contributed by atoms with Gasteiger partial charge < -0.3 is 14.6 Å². The van der Waals surface area contributed by atoms with Gasteiger partial charge in [0.2, 0.25) is 0 Å². The number of fused-ring (bicyclic) bond motifs is 1. The minimum atomic E-state index is -0.490. The lowest BCUT2D eigenvalue weighted by Gasteiger charge is -2.21. The van der Waals surface area contributed by atoms with Crippen LogP contribution in [0.4, 0.5) is 4.39 Å². The van der Waals surface area contributed by atoms with E-state index in [9.17, 15) is 9.18 Å². The summed E-state index contributed by atoms with van der Waals surface area (Å²) < 4.78 is 20.0. The lowest BCUT2D eigenvalue weighted by Crippen LogP contribution is -2.33. The van der Waals surface area contributed by atoms with Crippen molar-refractivity contribution in [3.05, 3.63) is 60.1 Å². The van der Waals surface area contributed by atoms with Crippen LogP contribution in [0, 0.1) is 11.7 Å². The van der Waals surface area contributed by atoms with Crippen LogP contribution in [-0.2, 0) is 0 Å². The van der Waals surface area contributed by atoms with Gasteiger partial charge in [0.15, 0.2) is 0 Å². The van der Waals surface area contributed by atoms with E-state index < -0.39 is 5.82 Å². The number of hydrogen-bond donors (Lipinski definition) is 1. The molecule has 2 heterocycles. The molecule has 3 aromatic rings. The molecule has 1 aliphatic heterocycles. The van der Waals surface area contributed by atoms with Gasteiger partial charge in [-0.2, -0.15) is 0 Å². The van der Waals surface area contributed by atoms with E-state index >= 15 is 0 Å². The standard InChI is InChI=1S/C21H21FN2O2/c1-24(13-14-6-8-23-12-14)21(25)18-4-2-16(11-19(18)22)15-3-5-20-17(10-15)7-9-26-20/h2-5,7,9-11,14,23H,6,8,12-13H2,1H3. The van der Waals surface area contributed by atoms with Crippen molar-refractivity contribution in [2.75, 3.05) is 26.7 Å². The van der Waals surface area contributed by atoms with E-state index in [0.717, 1.165) is 41.6 Å². The Labute approximate surface area is 151 Å². The largest absolute Gasteiger partial charge is 0.464 e. The topological polar surface area (TPSA) is 45.5 Å². The molecule has 1 atom stereocenters. The molecule has 0 radical (unpaired) electrons. The molecule has 1 aromatic heterocycles. The van der Waals surface area contributed by atoms with E-state index in [0.29, 0.717) is 12.5 Å². The predicted octanol–water partition coefficient (Wildman–Crippen LogP) is 3.92. The van der Waals surface area contributed by atoms with Crippen LogP contribution in [-0.4, -0.2) is 37.5 Å². The first-order chi connectivity index (χ1) is 12.6. The number of halogens is 1. The predicted molar refractivity (Wildman–Crippen MR) is 99.5 cm³/mol. The van der Waals surface area contributed by atoms with Crippen molar-refractivity contribution in [3.8, 4) is 11.1 Å². The van der Waals surface area contributed by atoms with E-state index in [1.807, 2.05) is 24.3 Å². The average Bonchev–Trinajstić information content (AvgIpc) is 3.31. The summed E-state index contributed by atoms with van der Waals surface area (Å²) in [6.07, 6.45) is 2.68. The van der Waals surface area contributed by atoms with Crippen molar-refractivity contribution < 1.29 is 13.6 Å². The third-order valence-electron chi connectivity index (χ3n) is 5.03. The molecule has 1 saturated heterocycles. The van der Waals surface area contributed by atoms with E-state index in [-0.39, 0.29) is 11.5 Å². The molecule has 134 valence electrons. The number of rotatable bonds is 4. The summed E-state index contributed by atoms with van der Waals surface area (Å²) in [7, 11) is 1.74. The van der Waals surface area contributed by atoms with Gasteiger partial charge in [0.05, 0.1) is 11.8 Å². The first-order valence-corrected chi connectivity index (χ1v) is 8.85. The summed E-state index contributed by atoms with van der Waals surface area (Å²) in [5.41, 5.74) is 2.54. The quantitative estimate of drug-likeness (QED) is 0.774. The van der Waals surface area contributed by atoms with Gasteiger partial charge in [-0.1, -0.05) is 12.1 Å². The molecule has 26 heavy (non-hydrogen) atoms. The Morgan fingerprint density at radius 2 is 2.04 bits per heavy atom. The average molecular weight is 352 g/mol. The highest BCUT2D eigenvalue weighted by molar-refractivity contribution is 5.95. The fraction of sp³-hybridized carbons (Fsp3) is 0.286. The fourth-order valence-electron chi connectivity index (χ4n) is 3.56. The zero-order valence-corrected chi connectivity index (χ0v) is 14.7. The molecule has 1 unspecified atom stereocenters. The summed E-state index contributed by atoms with van der Waals surface area (Å²) in [5, 5.41) is 4.25. The number of hydrogen-bond acceptors (Lipinski definition) is 3. The van der Waals surface area contributed by atoms with Crippen LogP contribution >= 0.6 is 0 Å². The summed E-state index contributed by atoms with van der Waals surface area (Å²) >= 11 is 0. The normalized spacial score (nSPS) is 16.9. The van der Waals surface area contributed by atoms with Gasteiger partial charge in [-0.25, -0.2) is 4.39 Å². The minimum Gasteiger partial charge on any atom is -0.464 e. The molecule has 0 spiro atoms. The van der Waals surface area contributed by atoms with E-state index in [4.69, 9.17) is 4.42 Å². The van der Waals surface area contributed by atoms with Gasteiger partial charge in [-0.3, -0.25) is 4.79 Å². The lowest BCUT2D eigenvalue weighted by molar-refractivity contribution is 0.0771. The van der Waals surface area contributed by atoms with Crippen LogP contribution in [0.5, 0.6) is 0 Å². The number of benzene rings is 2. The molecular weight excluding hydrogens is 331 g/mol. The van der Waals surface area contributed by atoms with E-state index in [1.165, 1.54) is 6.07 Å². The summed E-state index contributed by atoms with van der Waals surface area (Å²) in [5.74, 6) is -0.324. The third-order valence-corrected chi connectivity index (χ3v) is 5.03. The second kappa shape index (κ2) is 6.92. The number of furan rings is 1. The van der Waals surface area contributed by atoms with Crippen LogP contribution in [0.25, 0.3) is 22.1 Å². The molecule has 5 heteroatoms. The molecule has 0 aliphatic carbocycles. The zero-order valence-electron chi connectivity index (χ0n) is 14.7. The maximum atomic E-state index is 14.6. The fourth-order valence-corrected chi connectivity index (χ4v) is 3.56. The SMILES string of the molecule is CN(CC1CCNC1)C(=O)c1ccc(-c2ccc3occc3c2)cc1F. The molecule has 0 saturated carbocycles. The van der Waals surface area contributed by atoms with Crippen LogP contribution in [0.1, 0.15) is 16.8 Å². The van der Waals surface area contributed by atoms with Gasteiger partial charge in [-0.05, 0) is 66.9 Å². The highest BCUT2D eigenvalue weighted by Crippen LogP contribution is 2.27. The van der Waals surface area contributed by atoms with E-state index in [1.54, 1.807) is 30.3 Å². The molecule has 4 nitrogen and oxygen atoms in total. The number of carbonyl (C=O) groups excluding carboxylic acids is 1. The molecule has 1 aliphatic rings. The van der Waals surface area contributed by atoms with Gasteiger partial charge in [-0.15, -0.1) is 0 Å². The van der Waals surface area contributed by atoms with Crippen molar-refractivity contribution in [3.63, 3.8) is 0 Å². The number of amides is 1. The van der Waals surface area contributed by atoms with Crippen LogP contribution in [0.15, 0.2) is 53.1 Å². The number of carbonyl (C=O) groups is 1. The zero-order chi connectivity index (χ0) is 18.1. The molecule has 1 fully saturated rings. The van der Waals surface area contributed by atoms with Crippen molar-refractivity contribution in [2.45, 2.75) is 6.42 Å². The van der Waals surface area contributed by atoms with Crippen LogP contribution in [0.3, 0.4) is 0 Å². The lowest BCUT2D eigenvalue weighted by atomic mass is 10.0. The Kier molecular flexibility index (Phi) is 4.47. The Bertz CT molecular complexity index is 944. The number of nitrogens with zero attached hydrogens (tertiary/aromatic N) is 1. The van der Waals surface area contributed by atoms with Gasteiger partial charge >= 0.3 is 0 Å². The van der Waals surface area contributed by atoms with Gasteiger partial charge in [0.1, 0.15) is 11.4 Å². The second-order valence-electron chi connectivity index (χ2n) is 6.91. The minimum absolute atomic E-state index is 0.117. The molecule has 4 rings (SSSR count). The van der Waals surface area contributed by atoms with Crippen molar-refractivity contribution >= 4 is 16.9 Å². The Morgan fingerprint density at radius 3 is 2.81 bits per heavy atom. The maximum Gasteiger partial charge on any atom is 0.256 e. The number of nitrogens with one attached hydrogen (secondary N) is 1. The van der Waals surface area contributed by atoms with E-state index in [2.05, 4.69) is 5.32 Å². The van der Waals surface area contributed by atoms with Crippen molar-refractivity contribution in [1.29, 1.82) is 0 Å². The van der Waals surface area contributed by atoms with Crippen LogP contribution in [0.2, 0.25) is 0 Å². The molecule has 0 bridgehead atoms. The molecular formula is C21H21FN2O2. The monoisotopic (exact) mass is 352 g/mol. The van der Waals surface area contributed by atoms with Gasteiger partial charge in [0.25, 0.3) is 5.91 Å². The first kappa shape index (κ1) is 16.8. The second-order valence-corrected chi connectivity index (χ2v) is 6.91. The molecule has 2 aromatic carbocycles. The van der Waals surface area contributed by atoms with Crippen LogP contribution < -0.4 is 5.32 Å². The third kappa shape index (κ3) is 3.22. The Balaban J connectivity index is 1.55. The van der Waals surface area contributed by atoms with Crippen molar-refractivity contribution in [1.82, 2.24) is 10.2 Å².